The van der Waals surface area contributed by atoms with Crippen LogP contribution in [-0.2, 0) is 14.3 Å². The van der Waals surface area contributed by atoms with Gasteiger partial charge in [-0.05, 0) is 31.4 Å². The maximum Gasteiger partial charge on any atom is 0.411 e. The lowest BCUT2D eigenvalue weighted by Crippen LogP contribution is -2.14. The molecule has 1 aromatic carbocycles. The molecule has 0 unspecified atom stereocenters. The third kappa shape index (κ3) is 8.79. The zero-order chi connectivity index (χ0) is 16.0. The molecular formula is C17H23NO4. The first-order valence-corrected chi connectivity index (χ1v) is 7.45. The number of rotatable bonds is 9. The molecule has 1 N–H and O–H groups in total. The van der Waals surface area contributed by atoms with E-state index in [9.17, 15) is 9.59 Å². The average Bonchev–Trinajstić information content (AvgIpc) is 2.54. The number of ether oxygens (including phenoxy) is 2. The number of methoxy groups -OCH3 is 1. The van der Waals surface area contributed by atoms with Crippen LogP contribution in [0.4, 0.5) is 10.5 Å². The van der Waals surface area contributed by atoms with Crippen LogP contribution >= 0.6 is 0 Å². The highest BCUT2D eigenvalue weighted by Gasteiger charge is 2.01. The molecule has 0 aromatic heterocycles. The van der Waals surface area contributed by atoms with Crippen molar-refractivity contribution in [2.24, 2.45) is 0 Å². The minimum atomic E-state index is -0.424. The Labute approximate surface area is 131 Å². The highest BCUT2D eigenvalue weighted by molar-refractivity contribution is 5.84. The average molecular weight is 305 g/mol. The van der Waals surface area contributed by atoms with Crippen molar-refractivity contribution < 1.29 is 19.1 Å². The molecule has 1 amide bonds. The molecule has 5 nitrogen and oxygen atoms in total. The number of carbonyl (C=O) groups is 2. The lowest BCUT2D eigenvalue weighted by Gasteiger charge is -2.06. The summed E-state index contributed by atoms with van der Waals surface area (Å²) in [7, 11) is 1.36. The van der Waals surface area contributed by atoms with Crippen molar-refractivity contribution in [2.45, 2.75) is 32.1 Å². The fraction of sp³-hybridized carbons (Fsp3) is 0.412. The molecule has 0 aliphatic rings. The summed E-state index contributed by atoms with van der Waals surface area (Å²) >= 11 is 0. The van der Waals surface area contributed by atoms with Crippen LogP contribution < -0.4 is 5.32 Å². The minimum absolute atomic E-state index is 0.321. The number of amides is 1. The summed E-state index contributed by atoms with van der Waals surface area (Å²) in [5.74, 6) is -0.321. The Morgan fingerprint density at radius 3 is 2.55 bits per heavy atom. The van der Waals surface area contributed by atoms with Crippen LogP contribution in [0.5, 0.6) is 0 Å². The Morgan fingerprint density at radius 2 is 1.82 bits per heavy atom. The van der Waals surface area contributed by atoms with Crippen LogP contribution in [0.1, 0.15) is 32.1 Å². The predicted octanol–water partition coefficient (Wildman–Crippen LogP) is 3.91. The Kier molecular flexibility index (Phi) is 9.17. The number of benzene rings is 1. The largest absolute Gasteiger partial charge is 0.466 e. The molecule has 0 saturated heterocycles. The molecule has 120 valence electrons. The fourth-order valence-electron chi connectivity index (χ4n) is 1.81. The van der Waals surface area contributed by atoms with Gasteiger partial charge in [-0.2, -0.15) is 0 Å². The first-order chi connectivity index (χ1) is 10.7. The highest BCUT2D eigenvalue weighted by Crippen LogP contribution is 2.07. The summed E-state index contributed by atoms with van der Waals surface area (Å²) in [6.07, 6.45) is 7.55. The zero-order valence-electron chi connectivity index (χ0n) is 12.9. The molecule has 0 spiro atoms. The SMILES string of the molecule is COC(=O)/C=C/CCCCCCOC(=O)Nc1ccccc1. The number of anilines is 1. The molecule has 0 radical (unpaired) electrons. The number of esters is 1. The van der Waals surface area contributed by atoms with E-state index >= 15 is 0 Å². The van der Waals surface area contributed by atoms with E-state index in [1.165, 1.54) is 13.2 Å². The number of unbranched alkanes of at least 4 members (excludes halogenated alkanes) is 4. The lowest BCUT2D eigenvalue weighted by molar-refractivity contribution is -0.134. The number of para-hydroxylation sites is 1. The second-order valence-electron chi connectivity index (χ2n) is 4.76. The standard InChI is InChI=1S/C17H23NO4/c1-21-16(19)13-9-4-2-3-5-10-14-22-17(20)18-15-11-7-6-8-12-15/h6-9,11-13H,2-5,10,14H2,1H3,(H,18,20)/b13-9+. The number of carbonyl (C=O) groups excluding carboxylic acids is 2. The smallest absolute Gasteiger partial charge is 0.411 e. The monoisotopic (exact) mass is 305 g/mol. The van der Waals surface area contributed by atoms with Crippen LogP contribution in [0.2, 0.25) is 0 Å². The van der Waals surface area contributed by atoms with Crippen molar-refractivity contribution in [3.63, 3.8) is 0 Å². The summed E-state index contributed by atoms with van der Waals surface area (Å²) in [6, 6.07) is 9.21. The van der Waals surface area contributed by atoms with Crippen LogP contribution in [0.25, 0.3) is 0 Å². The second kappa shape index (κ2) is 11.4. The normalized spacial score (nSPS) is 10.4. The summed E-state index contributed by atoms with van der Waals surface area (Å²) in [4.78, 5) is 22.3. The van der Waals surface area contributed by atoms with E-state index in [0.29, 0.717) is 6.61 Å². The fourth-order valence-corrected chi connectivity index (χ4v) is 1.81. The molecule has 0 bridgehead atoms. The van der Waals surface area contributed by atoms with Gasteiger partial charge in [0.2, 0.25) is 0 Å². The molecule has 22 heavy (non-hydrogen) atoms. The molecule has 1 aromatic rings. The van der Waals surface area contributed by atoms with Crippen molar-refractivity contribution in [3.05, 3.63) is 42.5 Å². The molecular weight excluding hydrogens is 282 g/mol. The van der Waals surface area contributed by atoms with Gasteiger partial charge in [0.1, 0.15) is 0 Å². The topological polar surface area (TPSA) is 64.6 Å². The van der Waals surface area contributed by atoms with Gasteiger partial charge in [-0.25, -0.2) is 9.59 Å². The van der Waals surface area contributed by atoms with Gasteiger partial charge < -0.3 is 9.47 Å². The first kappa shape index (κ1) is 17.8. The van der Waals surface area contributed by atoms with Gasteiger partial charge in [0.05, 0.1) is 13.7 Å². The summed E-state index contributed by atoms with van der Waals surface area (Å²) in [5, 5.41) is 2.66. The second-order valence-corrected chi connectivity index (χ2v) is 4.76. The molecule has 0 fully saturated rings. The van der Waals surface area contributed by atoms with E-state index in [2.05, 4.69) is 10.1 Å². The van der Waals surface area contributed by atoms with E-state index in [1.807, 2.05) is 36.4 Å². The number of hydrogen-bond donors (Lipinski definition) is 1. The zero-order valence-corrected chi connectivity index (χ0v) is 12.9. The van der Waals surface area contributed by atoms with E-state index in [4.69, 9.17) is 4.74 Å². The van der Waals surface area contributed by atoms with Crippen molar-refractivity contribution in [1.82, 2.24) is 0 Å². The quantitative estimate of drug-likeness (QED) is 0.427. The predicted molar refractivity (Wildman–Crippen MR) is 85.7 cm³/mol. The van der Waals surface area contributed by atoms with Crippen LogP contribution in [0.3, 0.4) is 0 Å². The van der Waals surface area contributed by atoms with Gasteiger partial charge in [-0.3, -0.25) is 5.32 Å². The minimum Gasteiger partial charge on any atom is -0.466 e. The van der Waals surface area contributed by atoms with Gasteiger partial charge >= 0.3 is 12.1 Å². The van der Waals surface area contributed by atoms with E-state index in [-0.39, 0.29) is 5.97 Å². The summed E-state index contributed by atoms with van der Waals surface area (Å²) in [5.41, 5.74) is 0.727. The third-order valence-electron chi connectivity index (χ3n) is 2.97. The summed E-state index contributed by atoms with van der Waals surface area (Å²) < 4.78 is 9.59. The molecule has 5 heteroatoms. The van der Waals surface area contributed by atoms with E-state index in [1.54, 1.807) is 0 Å². The van der Waals surface area contributed by atoms with Crippen LogP contribution in [0.15, 0.2) is 42.5 Å². The van der Waals surface area contributed by atoms with Gasteiger partial charge in [0.25, 0.3) is 0 Å². The Hall–Kier alpha value is -2.30. The maximum absolute atomic E-state index is 11.5. The molecule has 0 aliphatic carbocycles. The molecule has 0 atom stereocenters. The van der Waals surface area contributed by atoms with Gasteiger partial charge in [-0.15, -0.1) is 0 Å². The Bertz CT molecular complexity index is 471. The number of allylic oxidation sites excluding steroid dienone is 1. The summed E-state index contributed by atoms with van der Waals surface area (Å²) in [6.45, 7) is 0.413. The van der Waals surface area contributed by atoms with E-state index < -0.39 is 6.09 Å². The van der Waals surface area contributed by atoms with Crippen molar-refractivity contribution in [3.8, 4) is 0 Å². The van der Waals surface area contributed by atoms with Crippen molar-refractivity contribution in [1.29, 1.82) is 0 Å². The van der Waals surface area contributed by atoms with Crippen molar-refractivity contribution in [2.75, 3.05) is 19.0 Å². The molecule has 1 rings (SSSR count). The molecule has 0 saturated carbocycles. The number of nitrogens with one attached hydrogen (secondary N) is 1. The third-order valence-corrected chi connectivity index (χ3v) is 2.97. The van der Waals surface area contributed by atoms with Gasteiger partial charge in [0, 0.05) is 11.8 Å². The highest BCUT2D eigenvalue weighted by atomic mass is 16.5. The van der Waals surface area contributed by atoms with Crippen LogP contribution in [-0.4, -0.2) is 25.8 Å². The Balaban J connectivity index is 1.96. The van der Waals surface area contributed by atoms with Crippen LogP contribution in [0, 0.1) is 0 Å². The lowest BCUT2D eigenvalue weighted by atomic mass is 10.1. The maximum atomic E-state index is 11.5. The molecule has 0 aliphatic heterocycles. The van der Waals surface area contributed by atoms with Gasteiger partial charge in [-0.1, -0.05) is 37.1 Å². The van der Waals surface area contributed by atoms with Crippen molar-refractivity contribution >= 4 is 17.7 Å². The first-order valence-electron chi connectivity index (χ1n) is 7.45. The molecule has 0 heterocycles. The Morgan fingerprint density at radius 1 is 1.09 bits per heavy atom. The van der Waals surface area contributed by atoms with E-state index in [0.717, 1.165) is 37.8 Å². The van der Waals surface area contributed by atoms with Gasteiger partial charge in [0.15, 0.2) is 0 Å². The number of hydrogen-bond acceptors (Lipinski definition) is 4.